The second-order valence-electron chi connectivity index (χ2n) is 9.58. The summed E-state index contributed by atoms with van der Waals surface area (Å²) >= 11 is 0. The van der Waals surface area contributed by atoms with Gasteiger partial charge in [0.05, 0.1) is 12.2 Å². The van der Waals surface area contributed by atoms with Crippen molar-refractivity contribution in [1.29, 1.82) is 0 Å². The van der Waals surface area contributed by atoms with E-state index in [0.717, 1.165) is 22.2 Å². The third-order valence-corrected chi connectivity index (χ3v) is 6.88. The van der Waals surface area contributed by atoms with Gasteiger partial charge in [0.15, 0.2) is 5.54 Å². The summed E-state index contributed by atoms with van der Waals surface area (Å²) in [7, 11) is 0. The Labute approximate surface area is 183 Å². The summed E-state index contributed by atoms with van der Waals surface area (Å²) in [6.45, 7) is 9.40. The van der Waals surface area contributed by atoms with Crippen LogP contribution >= 0.6 is 0 Å². The summed E-state index contributed by atoms with van der Waals surface area (Å²) in [5.41, 5.74) is 4.37. The molecule has 1 saturated heterocycles. The van der Waals surface area contributed by atoms with Crippen LogP contribution in [0.3, 0.4) is 0 Å². The summed E-state index contributed by atoms with van der Waals surface area (Å²) < 4.78 is 0. The maximum absolute atomic E-state index is 13.8. The largest absolute Gasteiger partial charge is 0.356 e. The molecule has 5 rings (SSSR count). The van der Waals surface area contributed by atoms with E-state index in [-0.39, 0.29) is 24.3 Å². The van der Waals surface area contributed by atoms with Crippen molar-refractivity contribution in [3.63, 3.8) is 0 Å². The van der Waals surface area contributed by atoms with Crippen LogP contribution in [0.2, 0.25) is 0 Å². The van der Waals surface area contributed by atoms with Gasteiger partial charge in [-0.25, -0.2) is 0 Å². The summed E-state index contributed by atoms with van der Waals surface area (Å²) in [6.07, 6.45) is 0. The number of hydrogen-bond donors (Lipinski definition) is 1. The lowest BCUT2D eigenvalue weighted by atomic mass is 9.76. The zero-order valence-corrected chi connectivity index (χ0v) is 18.6. The van der Waals surface area contributed by atoms with E-state index in [1.807, 2.05) is 24.0 Å². The van der Waals surface area contributed by atoms with E-state index in [2.05, 4.69) is 62.2 Å². The highest BCUT2D eigenvalue weighted by Gasteiger charge is 2.56. The van der Waals surface area contributed by atoms with Gasteiger partial charge in [0.25, 0.3) is 5.91 Å². The van der Waals surface area contributed by atoms with Crippen molar-refractivity contribution in [1.82, 2.24) is 14.8 Å². The van der Waals surface area contributed by atoms with Gasteiger partial charge in [0, 0.05) is 29.9 Å². The highest BCUT2D eigenvalue weighted by Crippen LogP contribution is 2.48. The van der Waals surface area contributed by atoms with Gasteiger partial charge in [-0.15, -0.1) is 0 Å². The van der Waals surface area contributed by atoms with Crippen LogP contribution in [0, 0.1) is 12.8 Å². The molecule has 0 unspecified atom stereocenters. The molecular formula is C26H29N3O2. The van der Waals surface area contributed by atoms with Crippen LogP contribution in [0.5, 0.6) is 0 Å². The third-order valence-electron chi connectivity index (χ3n) is 6.88. The van der Waals surface area contributed by atoms with Crippen LogP contribution in [0.15, 0.2) is 48.5 Å². The lowest BCUT2D eigenvalue weighted by molar-refractivity contribution is -0.166. The Hall–Kier alpha value is -3.08. The minimum Gasteiger partial charge on any atom is -0.356 e. The predicted octanol–water partition coefficient (Wildman–Crippen LogP) is 4.16. The number of aryl methyl sites for hydroxylation is 1. The molecule has 3 heterocycles. The lowest BCUT2D eigenvalue weighted by Gasteiger charge is -2.51. The van der Waals surface area contributed by atoms with E-state index >= 15 is 0 Å². The number of hydrogen-bond acceptors (Lipinski definition) is 2. The van der Waals surface area contributed by atoms with Crippen LogP contribution in [0.25, 0.3) is 10.9 Å². The normalized spacial score (nSPS) is 23.5. The van der Waals surface area contributed by atoms with Crippen LogP contribution in [-0.2, 0) is 15.1 Å². The van der Waals surface area contributed by atoms with Gasteiger partial charge >= 0.3 is 0 Å². The number of carbonyl (C=O) groups is 2. The van der Waals surface area contributed by atoms with Gasteiger partial charge in [0.2, 0.25) is 5.91 Å². The van der Waals surface area contributed by atoms with Crippen LogP contribution in [-0.4, -0.2) is 46.2 Å². The van der Waals surface area contributed by atoms with Crippen LogP contribution in [0.4, 0.5) is 0 Å². The van der Waals surface area contributed by atoms with Gasteiger partial charge in [0.1, 0.15) is 0 Å². The topological polar surface area (TPSA) is 56.4 Å². The Balaban J connectivity index is 1.73. The number of amides is 2. The fourth-order valence-corrected chi connectivity index (χ4v) is 5.36. The molecular weight excluding hydrogens is 386 g/mol. The molecule has 3 aromatic rings. The first-order valence-corrected chi connectivity index (χ1v) is 11.1. The van der Waals surface area contributed by atoms with E-state index < -0.39 is 5.54 Å². The maximum Gasteiger partial charge on any atom is 0.254 e. The number of rotatable bonds is 3. The average Bonchev–Trinajstić information content (AvgIpc) is 3.13. The first kappa shape index (κ1) is 19.9. The number of nitrogens with zero attached hydrogens (tertiary/aromatic N) is 2. The van der Waals surface area contributed by atoms with Crippen molar-refractivity contribution in [2.24, 2.45) is 5.92 Å². The smallest absolute Gasteiger partial charge is 0.254 e. The van der Waals surface area contributed by atoms with Crippen molar-refractivity contribution < 1.29 is 9.59 Å². The molecule has 5 heteroatoms. The predicted molar refractivity (Wildman–Crippen MR) is 122 cm³/mol. The fraction of sp³-hybridized carbons (Fsp3) is 0.385. The molecule has 1 N–H and O–H groups in total. The van der Waals surface area contributed by atoms with Crippen molar-refractivity contribution in [3.8, 4) is 0 Å². The first-order chi connectivity index (χ1) is 14.8. The number of aromatic nitrogens is 1. The minimum atomic E-state index is -1.01. The van der Waals surface area contributed by atoms with Gasteiger partial charge in [-0.1, -0.05) is 61.9 Å². The van der Waals surface area contributed by atoms with Crippen LogP contribution < -0.4 is 0 Å². The zero-order valence-electron chi connectivity index (χ0n) is 18.6. The SMILES string of the molecule is Cc1ccc([C@H]2CN3C(=O)CN(CC(C)C)C(=O)[C@@]3(C)c3[nH]c4ccccc4c32)cc1. The zero-order chi connectivity index (χ0) is 21.9. The van der Waals surface area contributed by atoms with Crippen molar-refractivity contribution in [2.45, 2.75) is 39.2 Å². The van der Waals surface area contributed by atoms with Gasteiger partial charge in [-0.05, 0) is 37.0 Å². The molecule has 2 amide bonds. The molecule has 2 aromatic carbocycles. The van der Waals surface area contributed by atoms with E-state index in [1.54, 1.807) is 4.90 Å². The number of piperazine rings is 1. The fourth-order valence-electron chi connectivity index (χ4n) is 5.36. The summed E-state index contributed by atoms with van der Waals surface area (Å²) in [6, 6.07) is 16.7. The van der Waals surface area contributed by atoms with E-state index in [0.29, 0.717) is 19.0 Å². The molecule has 2 aliphatic heterocycles. The molecule has 1 aromatic heterocycles. The quantitative estimate of drug-likeness (QED) is 0.698. The molecule has 5 nitrogen and oxygen atoms in total. The number of benzene rings is 2. The molecule has 2 aliphatic rings. The molecule has 1 fully saturated rings. The standard InChI is InChI=1S/C26H29N3O2/c1-16(2)13-28-15-22(30)29-14-20(18-11-9-17(3)10-12-18)23-19-7-5-6-8-21(19)27-24(23)26(29,4)25(28)31/h5-12,16,20,27H,13-15H2,1-4H3/t20-,26-/m1/s1. The number of nitrogens with one attached hydrogen (secondary N) is 1. The first-order valence-electron chi connectivity index (χ1n) is 11.1. The van der Waals surface area contributed by atoms with Gasteiger partial charge < -0.3 is 14.8 Å². The van der Waals surface area contributed by atoms with Crippen molar-refractivity contribution in [2.75, 3.05) is 19.6 Å². The molecule has 0 saturated carbocycles. The summed E-state index contributed by atoms with van der Waals surface area (Å²) in [5, 5.41) is 1.13. The third kappa shape index (κ3) is 2.90. The Morgan fingerprint density at radius 2 is 1.81 bits per heavy atom. The molecule has 0 aliphatic carbocycles. The molecule has 0 bridgehead atoms. The highest BCUT2D eigenvalue weighted by molar-refractivity contribution is 6.01. The highest BCUT2D eigenvalue weighted by atomic mass is 16.2. The number of aromatic amines is 1. The Bertz CT molecular complexity index is 1180. The summed E-state index contributed by atoms with van der Waals surface area (Å²) in [5.74, 6) is 0.353. The second kappa shape index (κ2) is 6.98. The van der Waals surface area contributed by atoms with Crippen molar-refractivity contribution in [3.05, 3.63) is 70.9 Å². The van der Waals surface area contributed by atoms with E-state index in [4.69, 9.17) is 0 Å². The maximum atomic E-state index is 13.8. The average molecular weight is 416 g/mol. The Morgan fingerprint density at radius 3 is 2.52 bits per heavy atom. The Morgan fingerprint density at radius 1 is 1.10 bits per heavy atom. The molecule has 2 atom stereocenters. The molecule has 0 radical (unpaired) electrons. The summed E-state index contributed by atoms with van der Waals surface area (Å²) in [4.78, 5) is 34.3. The molecule has 0 spiro atoms. The lowest BCUT2D eigenvalue weighted by Crippen LogP contribution is -2.67. The van der Waals surface area contributed by atoms with Crippen molar-refractivity contribution >= 4 is 22.7 Å². The van der Waals surface area contributed by atoms with Crippen LogP contribution in [0.1, 0.15) is 49.1 Å². The van der Waals surface area contributed by atoms with Gasteiger partial charge in [-0.3, -0.25) is 9.59 Å². The van der Waals surface area contributed by atoms with Gasteiger partial charge in [-0.2, -0.15) is 0 Å². The van der Waals surface area contributed by atoms with E-state index in [9.17, 15) is 9.59 Å². The Kier molecular flexibility index (Phi) is 4.47. The molecule has 31 heavy (non-hydrogen) atoms. The number of para-hydroxylation sites is 1. The van der Waals surface area contributed by atoms with E-state index in [1.165, 1.54) is 11.1 Å². The number of fused-ring (bicyclic) bond motifs is 5. The minimum absolute atomic E-state index is 0.0102. The monoisotopic (exact) mass is 415 g/mol. The number of carbonyl (C=O) groups excluding carboxylic acids is 2. The molecule has 160 valence electrons. The second-order valence-corrected chi connectivity index (χ2v) is 9.58. The number of H-pyrrole nitrogens is 1.